The number of hydrogen-bond donors (Lipinski definition) is 0. The standard InChI is InChI=1S/C21H23NO2/c1-5-16-7-8-17-11-18(20(13-23)22(17)12-16)19-9-14(3)15(4)10-21(19)24-6-2/h7-13H,5-6H2,1-4H3. The molecule has 24 heavy (non-hydrogen) atoms. The summed E-state index contributed by atoms with van der Waals surface area (Å²) in [5.41, 5.74) is 7.17. The number of carbonyl (C=O) groups excluding carboxylic acids is 1. The van der Waals surface area contributed by atoms with E-state index in [1.54, 1.807) is 0 Å². The fourth-order valence-corrected chi connectivity index (χ4v) is 3.05. The van der Waals surface area contributed by atoms with Crippen LogP contribution in [0, 0.1) is 13.8 Å². The van der Waals surface area contributed by atoms with Gasteiger partial charge in [-0.05, 0) is 68.1 Å². The number of aromatic nitrogens is 1. The summed E-state index contributed by atoms with van der Waals surface area (Å²) in [4.78, 5) is 11.8. The highest BCUT2D eigenvalue weighted by molar-refractivity contribution is 5.91. The molecule has 3 nitrogen and oxygen atoms in total. The number of carbonyl (C=O) groups is 1. The van der Waals surface area contributed by atoms with Crippen molar-refractivity contribution in [2.45, 2.75) is 34.1 Å². The van der Waals surface area contributed by atoms with Crippen molar-refractivity contribution in [1.29, 1.82) is 0 Å². The quantitative estimate of drug-likeness (QED) is 0.619. The zero-order valence-corrected chi connectivity index (χ0v) is 14.7. The van der Waals surface area contributed by atoms with Crippen LogP contribution in [0.4, 0.5) is 0 Å². The van der Waals surface area contributed by atoms with Crippen LogP contribution in [-0.4, -0.2) is 17.3 Å². The number of aryl methyl sites for hydroxylation is 3. The molecule has 2 heterocycles. The van der Waals surface area contributed by atoms with Gasteiger partial charge in [0.05, 0.1) is 12.3 Å². The third-order valence-corrected chi connectivity index (χ3v) is 4.57. The van der Waals surface area contributed by atoms with Crippen LogP contribution >= 0.6 is 0 Å². The van der Waals surface area contributed by atoms with Crippen LogP contribution in [-0.2, 0) is 6.42 Å². The molecule has 0 fully saturated rings. The Hall–Kier alpha value is -2.55. The molecule has 0 saturated heterocycles. The van der Waals surface area contributed by atoms with Gasteiger partial charge in [0.1, 0.15) is 5.75 Å². The first kappa shape index (κ1) is 16.3. The van der Waals surface area contributed by atoms with E-state index in [0.717, 1.165) is 35.1 Å². The van der Waals surface area contributed by atoms with Crippen molar-refractivity contribution in [2.24, 2.45) is 0 Å². The number of benzene rings is 1. The first-order chi connectivity index (χ1) is 11.6. The summed E-state index contributed by atoms with van der Waals surface area (Å²) in [6.45, 7) is 8.84. The topological polar surface area (TPSA) is 30.7 Å². The lowest BCUT2D eigenvalue weighted by Crippen LogP contribution is -1.98. The molecule has 0 saturated carbocycles. The van der Waals surface area contributed by atoms with Gasteiger partial charge < -0.3 is 9.14 Å². The van der Waals surface area contributed by atoms with E-state index in [1.165, 1.54) is 16.7 Å². The SMILES string of the molecule is CCOc1cc(C)c(C)cc1-c1cc2ccc(CC)cn2c1C=O. The van der Waals surface area contributed by atoms with Gasteiger partial charge in [-0.1, -0.05) is 13.0 Å². The number of rotatable bonds is 5. The maximum atomic E-state index is 11.8. The van der Waals surface area contributed by atoms with Gasteiger partial charge in [-0.15, -0.1) is 0 Å². The molecule has 0 aliphatic heterocycles. The van der Waals surface area contributed by atoms with Gasteiger partial charge in [0.25, 0.3) is 0 Å². The summed E-state index contributed by atoms with van der Waals surface area (Å²) < 4.78 is 7.82. The van der Waals surface area contributed by atoms with Gasteiger partial charge >= 0.3 is 0 Å². The molecule has 124 valence electrons. The van der Waals surface area contributed by atoms with Crippen molar-refractivity contribution in [3.63, 3.8) is 0 Å². The van der Waals surface area contributed by atoms with E-state index in [0.29, 0.717) is 12.3 Å². The molecular weight excluding hydrogens is 298 g/mol. The molecule has 3 rings (SSSR count). The lowest BCUT2D eigenvalue weighted by atomic mass is 9.99. The third-order valence-electron chi connectivity index (χ3n) is 4.57. The first-order valence-electron chi connectivity index (χ1n) is 8.42. The number of nitrogens with zero attached hydrogens (tertiary/aromatic N) is 1. The van der Waals surface area contributed by atoms with Gasteiger partial charge in [-0.25, -0.2) is 0 Å². The zero-order valence-electron chi connectivity index (χ0n) is 14.7. The molecule has 3 heteroatoms. The number of pyridine rings is 1. The molecule has 1 aromatic carbocycles. The van der Waals surface area contributed by atoms with Crippen LogP contribution in [0.1, 0.15) is 41.0 Å². The second kappa shape index (κ2) is 6.52. The second-order valence-electron chi connectivity index (χ2n) is 6.11. The minimum absolute atomic E-state index is 0.597. The molecule has 0 aliphatic carbocycles. The highest BCUT2D eigenvalue weighted by Crippen LogP contribution is 2.36. The molecule has 0 unspecified atom stereocenters. The van der Waals surface area contributed by atoms with Crippen molar-refractivity contribution >= 4 is 11.8 Å². The molecule has 0 amide bonds. The Morgan fingerprint density at radius 1 is 1.04 bits per heavy atom. The summed E-state index contributed by atoms with van der Waals surface area (Å²) >= 11 is 0. The van der Waals surface area contributed by atoms with E-state index in [4.69, 9.17) is 4.74 Å². The normalized spacial score (nSPS) is 11.0. The lowest BCUT2D eigenvalue weighted by Gasteiger charge is -2.13. The molecule has 0 bridgehead atoms. The van der Waals surface area contributed by atoms with Gasteiger partial charge in [-0.2, -0.15) is 0 Å². The molecule has 0 radical (unpaired) electrons. The smallest absolute Gasteiger partial charge is 0.167 e. The maximum absolute atomic E-state index is 11.8. The molecule has 3 aromatic rings. The minimum atomic E-state index is 0.597. The summed E-state index contributed by atoms with van der Waals surface area (Å²) in [5.74, 6) is 0.829. The second-order valence-corrected chi connectivity index (χ2v) is 6.11. The average Bonchev–Trinajstić information content (AvgIpc) is 2.95. The highest BCUT2D eigenvalue weighted by Gasteiger charge is 2.16. The van der Waals surface area contributed by atoms with E-state index in [-0.39, 0.29) is 0 Å². The van der Waals surface area contributed by atoms with E-state index in [9.17, 15) is 4.79 Å². The predicted molar refractivity (Wildman–Crippen MR) is 98.2 cm³/mol. The van der Waals surface area contributed by atoms with Crippen LogP contribution in [0.15, 0.2) is 36.5 Å². The van der Waals surface area contributed by atoms with Crippen LogP contribution in [0.25, 0.3) is 16.6 Å². The molecular formula is C21H23NO2. The van der Waals surface area contributed by atoms with Gasteiger partial charge in [0.15, 0.2) is 6.29 Å². The molecule has 0 spiro atoms. The maximum Gasteiger partial charge on any atom is 0.167 e. The summed E-state index contributed by atoms with van der Waals surface area (Å²) in [7, 11) is 0. The minimum Gasteiger partial charge on any atom is -0.493 e. The number of aldehydes is 1. The van der Waals surface area contributed by atoms with Crippen LogP contribution in [0.2, 0.25) is 0 Å². The van der Waals surface area contributed by atoms with Crippen molar-refractivity contribution in [2.75, 3.05) is 6.61 Å². The Bertz CT molecular complexity index is 906. The van der Waals surface area contributed by atoms with Gasteiger partial charge in [0, 0.05) is 22.8 Å². The first-order valence-corrected chi connectivity index (χ1v) is 8.42. The average molecular weight is 321 g/mol. The molecule has 0 N–H and O–H groups in total. The zero-order chi connectivity index (χ0) is 17.3. The van der Waals surface area contributed by atoms with Crippen molar-refractivity contribution in [3.8, 4) is 16.9 Å². The fourth-order valence-electron chi connectivity index (χ4n) is 3.05. The third kappa shape index (κ3) is 2.71. The Labute approximate surface area is 142 Å². The van der Waals surface area contributed by atoms with E-state index >= 15 is 0 Å². The Morgan fingerprint density at radius 3 is 2.46 bits per heavy atom. The summed E-state index contributed by atoms with van der Waals surface area (Å²) in [6, 6.07) is 10.4. The summed E-state index contributed by atoms with van der Waals surface area (Å²) in [6.07, 6.45) is 3.92. The van der Waals surface area contributed by atoms with Gasteiger partial charge in [-0.3, -0.25) is 4.79 Å². The Balaban J connectivity index is 2.29. The van der Waals surface area contributed by atoms with Crippen LogP contribution < -0.4 is 4.74 Å². The van der Waals surface area contributed by atoms with E-state index in [1.807, 2.05) is 17.5 Å². The van der Waals surface area contributed by atoms with E-state index in [2.05, 4.69) is 51.1 Å². The predicted octanol–water partition coefficient (Wildman–Crippen LogP) is 5.00. The lowest BCUT2D eigenvalue weighted by molar-refractivity contribution is 0.111. The van der Waals surface area contributed by atoms with Crippen LogP contribution in [0.5, 0.6) is 5.75 Å². The summed E-state index contributed by atoms with van der Waals surface area (Å²) in [5, 5.41) is 0. The van der Waals surface area contributed by atoms with Crippen molar-refractivity contribution < 1.29 is 9.53 Å². The van der Waals surface area contributed by atoms with Crippen molar-refractivity contribution in [1.82, 2.24) is 4.40 Å². The Morgan fingerprint density at radius 2 is 1.79 bits per heavy atom. The highest BCUT2D eigenvalue weighted by atomic mass is 16.5. The van der Waals surface area contributed by atoms with E-state index < -0.39 is 0 Å². The number of fused-ring (bicyclic) bond motifs is 1. The van der Waals surface area contributed by atoms with Crippen molar-refractivity contribution in [3.05, 3.63) is 58.9 Å². The monoisotopic (exact) mass is 321 g/mol. The molecule has 0 atom stereocenters. The van der Waals surface area contributed by atoms with Crippen LogP contribution in [0.3, 0.4) is 0 Å². The molecule has 0 aliphatic rings. The number of ether oxygens (including phenoxy) is 1. The molecule has 2 aromatic heterocycles. The number of hydrogen-bond acceptors (Lipinski definition) is 2. The largest absolute Gasteiger partial charge is 0.493 e. The Kier molecular flexibility index (Phi) is 4.43. The van der Waals surface area contributed by atoms with Gasteiger partial charge in [0.2, 0.25) is 0 Å². The fraction of sp³-hybridized carbons (Fsp3) is 0.286.